The Hall–Kier alpha value is -1.96. The predicted octanol–water partition coefficient (Wildman–Crippen LogP) is 4.26. The van der Waals surface area contributed by atoms with Gasteiger partial charge < -0.3 is 4.74 Å². The van der Waals surface area contributed by atoms with Crippen molar-refractivity contribution >= 4 is 31.6 Å². The number of aromatic nitrogens is 1. The molecule has 0 saturated carbocycles. The van der Waals surface area contributed by atoms with Gasteiger partial charge in [0.2, 0.25) is 10.0 Å². The third-order valence-electron chi connectivity index (χ3n) is 4.82. The highest BCUT2D eigenvalue weighted by Crippen LogP contribution is 2.34. The normalized spacial score (nSPS) is 18.6. The molecule has 1 fully saturated rings. The Labute approximate surface area is 163 Å². The molecule has 1 aromatic heterocycles. The van der Waals surface area contributed by atoms with E-state index >= 15 is 0 Å². The van der Waals surface area contributed by atoms with Crippen molar-refractivity contribution in [2.24, 2.45) is 0 Å². The van der Waals surface area contributed by atoms with E-state index in [2.05, 4.69) is 6.07 Å². The van der Waals surface area contributed by atoms with Crippen LogP contribution in [0.2, 0.25) is 0 Å². The fourth-order valence-electron chi connectivity index (χ4n) is 3.45. The molecule has 4 rings (SSSR count). The molecule has 0 spiro atoms. The predicted molar refractivity (Wildman–Crippen MR) is 108 cm³/mol. The topological polar surface area (TPSA) is 59.5 Å². The summed E-state index contributed by atoms with van der Waals surface area (Å²) in [6.45, 7) is 3.49. The summed E-state index contributed by atoms with van der Waals surface area (Å²) in [6, 6.07) is 14.7. The molecule has 3 aromatic rings. The van der Waals surface area contributed by atoms with Crippen molar-refractivity contribution in [1.29, 1.82) is 0 Å². The Morgan fingerprint density at radius 2 is 1.96 bits per heavy atom. The third-order valence-corrected chi connectivity index (χ3v) is 7.89. The van der Waals surface area contributed by atoms with E-state index in [-0.39, 0.29) is 5.92 Å². The van der Waals surface area contributed by atoms with Crippen LogP contribution >= 0.6 is 11.3 Å². The second kappa shape index (κ2) is 7.58. The second-order valence-corrected chi connectivity index (χ2v) is 9.63. The maximum atomic E-state index is 13.1. The van der Waals surface area contributed by atoms with E-state index < -0.39 is 10.0 Å². The molecule has 1 saturated heterocycles. The van der Waals surface area contributed by atoms with Crippen molar-refractivity contribution in [3.8, 4) is 5.75 Å². The molecule has 5 nitrogen and oxygen atoms in total. The molecule has 1 aliphatic heterocycles. The molecule has 142 valence electrons. The van der Waals surface area contributed by atoms with Crippen molar-refractivity contribution in [1.82, 2.24) is 9.29 Å². The average Bonchev–Trinajstić information content (AvgIpc) is 3.13. The summed E-state index contributed by atoms with van der Waals surface area (Å²) < 4.78 is 34.3. The molecule has 1 atom stereocenters. The van der Waals surface area contributed by atoms with Gasteiger partial charge in [0, 0.05) is 19.0 Å². The van der Waals surface area contributed by atoms with Crippen LogP contribution < -0.4 is 4.74 Å². The lowest BCUT2D eigenvalue weighted by Gasteiger charge is -2.31. The van der Waals surface area contributed by atoms with Crippen molar-refractivity contribution in [3.63, 3.8) is 0 Å². The van der Waals surface area contributed by atoms with Crippen LogP contribution in [0.15, 0.2) is 53.4 Å². The summed E-state index contributed by atoms with van der Waals surface area (Å²) in [5.41, 5.74) is 0.990. The van der Waals surface area contributed by atoms with Crippen molar-refractivity contribution < 1.29 is 13.2 Å². The first-order valence-electron chi connectivity index (χ1n) is 9.16. The Morgan fingerprint density at radius 3 is 2.70 bits per heavy atom. The Kier molecular flexibility index (Phi) is 5.16. The second-order valence-electron chi connectivity index (χ2n) is 6.63. The largest absolute Gasteiger partial charge is 0.494 e. The highest BCUT2D eigenvalue weighted by Gasteiger charge is 2.32. The summed E-state index contributed by atoms with van der Waals surface area (Å²) in [5, 5.41) is 1.03. The first-order valence-corrected chi connectivity index (χ1v) is 11.4. The third kappa shape index (κ3) is 3.72. The van der Waals surface area contributed by atoms with Crippen LogP contribution in [-0.4, -0.2) is 37.4 Å². The van der Waals surface area contributed by atoms with Gasteiger partial charge in [0.15, 0.2) is 0 Å². The highest BCUT2D eigenvalue weighted by atomic mass is 32.2. The number of rotatable bonds is 5. The smallest absolute Gasteiger partial charge is 0.243 e. The Bertz CT molecular complexity index is 996. The lowest BCUT2D eigenvalue weighted by Crippen LogP contribution is -2.39. The maximum absolute atomic E-state index is 13.1. The summed E-state index contributed by atoms with van der Waals surface area (Å²) in [5.74, 6) is 0.830. The number of hydrogen-bond acceptors (Lipinski definition) is 5. The van der Waals surface area contributed by atoms with Crippen molar-refractivity contribution in [3.05, 3.63) is 53.5 Å². The number of thiazole rings is 1. The molecule has 0 N–H and O–H groups in total. The number of benzene rings is 2. The summed E-state index contributed by atoms with van der Waals surface area (Å²) in [6.07, 6.45) is 1.81. The van der Waals surface area contributed by atoms with E-state index in [4.69, 9.17) is 9.72 Å². The molecule has 1 aliphatic rings. The molecule has 2 heterocycles. The highest BCUT2D eigenvalue weighted by molar-refractivity contribution is 7.89. The van der Waals surface area contributed by atoms with Crippen LogP contribution in [0.25, 0.3) is 10.2 Å². The van der Waals surface area contributed by atoms with Crippen molar-refractivity contribution in [2.75, 3.05) is 19.7 Å². The minimum atomic E-state index is -3.51. The standard InChI is InChI=1S/C20H22N2O3S2/c1-2-25-16-9-11-17(12-10-16)27(23,24)22-13-5-6-15(14-22)20-21-18-7-3-4-8-19(18)26-20/h3-4,7-12,15H,2,5-6,13-14H2,1H3/t15-/m0/s1. The van der Waals surface area contributed by atoms with Gasteiger partial charge in [-0.3, -0.25) is 0 Å². The average molecular weight is 403 g/mol. The summed E-state index contributed by atoms with van der Waals surface area (Å²) in [7, 11) is -3.51. The monoisotopic (exact) mass is 402 g/mol. The van der Waals surface area contributed by atoms with Gasteiger partial charge in [0.25, 0.3) is 0 Å². The Morgan fingerprint density at radius 1 is 1.19 bits per heavy atom. The van der Waals surface area contributed by atoms with E-state index in [1.807, 2.05) is 25.1 Å². The number of para-hydroxylation sites is 1. The maximum Gasteiger partial charge on any atom is 0.243 e. The molecule has 7 heteroatoms. The molecular formula is C20H22N2O3S2. The molecule has 0 radical (unpaired) electrons. The van der Waals surface area contributed by atoms with Gasteiger partial charge in [0.1, 0.15) is 5.75 Å². The van der Waals surface area contributed by atoms with Crippen LogP contribution in [0, 0.1) is 0 Å². The zero-order valence-electron chi connectivity index (χ0n) is 15.2. The van der Waals surface area contributed by atoms with E-state index in [0.29, 0.717) is 30.3 Å². The lowest BCUT2D eigenvalue weighted by molar-refractivity contribution is 0.315. The summed E-state index contributed by atoms with van der Waals surface area (Å²) >= 11 is 1.67. The van der Waals surface area contributed by atoms with Crippen LogP contribution in [0.5, 0.6) is 5.75 Å². The number of ether oxygens (including phenoxy) is 1. The number of nitrogens with zero attached hydrogens (tertiary/aromatic N) is 2. The molecule has 0 amide bonds. The van der Waals surface area contributed by atoms with Crippen LogP contribution in [0.3, 0.4) is 0 Å². The Balaban J connectivity index is 1.56. The number of fused-ring (bicyclic) bond motifs is 1. The number of sulfonamides is 1. The first-order chi connectivity index (χ1) is 13.1. The molecule has 0 unspecified atom stereocenters. The van der Waals surface area contributed by atoms with E-state index in [1.54, 1.807) is 39.9 Å². The van der Waals surface area contributed by atoms with E-state index in [9.17, 15) is 8.42 Å². The fourth-order valence-corrected chi connectivity index (χ4v) is 6.07. The lowest BCUT2D eigenvalue weighted by atomic mass is 10.0. The van der Waals surface area contributed by atoms with Crippen LogP contribution in [0.4, 0.5) is 0 Å². The minimum absolute atomic E-state index is 0.147. The van der Waals surface area contributed by atoms with Gasteiger partial charge in [-0.25, -0.2) is 13.4 Å². The molecular weight excluding hydrogens is 380 g/mol. The number of hydrogen-bond donors (Lipinski definition) is 0. The van der Waals surface area contributed by atoms with Gasteiger partial charge >= 0.3 is 0 Å². The zero-order valence-corrected chi connectivity index (χ0v) is 16.8. The quantitative estimate of drug-likeness (QED) is 0.640. The summed E-state index contributed by atoms with van der Waals surface area (Å²) in [4.78, 5) is 5.05. The van der Waals surface area contributed by atoms with Gasteiger partial charge in [0.05, 0.1) is 26.7 Å². The van der Waals surface area contributed by atoms with Crippen LogP contribution in [0.1, 0.15) is 30.7 Å². The first kappa shape index (κ1) is 18.4. The van der Waals surface area contributed by atoms with Crippen LogP contribution in [-0.2, 0) is 10.0 Å². The molecule has 27 heavy (non-hydrogen) atoms. The van der Waals surface area contributed by atoms with Gasteiger partial charge in [-0.1, -0.05) is 12.1 Å². The zero-order chi connectivity index (χ0) is 18.9. The SMILES string of the molecule is CCOc1ccc(S(=O)(=O)N2CCC[C@H](c3nc4ccccc4s3)C2)cc1. The van der Waals surface area contributed by atoms with Gasteiger partial charge in [-0.2, -0.15) is 4.31 Å². The van der Waals surface area contributed by atoms with E-state index in [0.717, 1.165) is 28.1 Å². The molecule has 2 aromatic carbocycles. The van der Waals surface area contributed by atoms with Crippen molar-refractivity contribution in [2.45, 2.75) is 30.6 Å². The number of piperidine rings is 1. The minimum Gasteiger partial charge on any atom is -0.494 e. The fraction of sp³-hybridized carbons (Fsp3) is 0.350. The molecule has 0 aliphatic carbocycles. The van der Waals surface area contributed by atoms with Gasteiger partial charge in [-0.05, 0) is 56.2 Å². The molecule has 0 bridgehead atoms. The van der Waals surface area contributed by atoms with E-state index in [1.165, 1.54) is 0 Å². The van der Waals surface area contributed by atoms with Gasteiger partial charge in [-0.15, -0.1) is 11.3 Å².